The number of aliphatic imine (C=N–C) groups is 1. The van der Waals surface area contributed by atoms with Crippen molar-refractivity contribution in [3.8, 4) is 0 Å². The van der Waals surface area contributed by atoms with Gasteiger partial charge in [0.15, 0.2) is 6.17 Å². The van der Waals surface area contributed by atoms with Gasteiger partial charge in [0.05, 0.1) is 0 Å². The predicted molar refractivity (Wildman–Crippen MR) is 53.8 cm³/mol. The number of nitrogens with two attached hydrogens (primary N) is 1. The largest absolute Gasteiger partial charge is 0.322 e. The Bertz CT molecular complexity index is 388. The molecule has 1 heterocycles. The van der Waals surface area contributed by atoms with Crippen LogP contribution >= 0.6 is 0 Å². The summed E-state index contributed by atoms with van der Waals surface area (Å²) in [5, 5.41) is 2.72. The predicted octanol–water partition coefficient (Wildman–Crippen LogP) is -0.153. The van der Waals surface area contributed by atoms with Crippen LogP contribution in [0.3, 0.4) is 0 Å². The van der Waals surface area contributed by atoms with E-state index in [0.717, 1.165) is 11.3 Å². The van der Waals surface area contributed by atoms with Gasteiger partial charge in [-0.2, -0.15) is 0 Å². The Morgan fingerprint density at radius 3 is 3.00 bits per heavy atom. The molecule has 0 saturated heterocycles. The van der Waals surface area contributed by atoms with Crippen molar-refractivity contribution >= 4 is 17.8 Å². The van der Waals surface area contributed by atoms with Gasteiger partial charge in [0.2, 0.25) is 0 Å². The molecule has 1 aliphatic rings. The molecule has 14 heavy (non-hydrogen) atoms. The Hall–Kier alpha value is -1.72. The summed E-state index contributed by atoms with van der Waals surface area (Å²) in [6, 6.07) is 7.42. The van der Waals surface area contributed by atoms with E-state index in [1.165, 1.54) is 0 Å². The molecule has 1 atom stereocenters. The number of fused-ring (bicyclic) bond motifs is 1. The van der Waals surface area contributed by atoms with Crippen molar-refractivity contribution in [1.29, 1.82) is 0 Å². The molecule has 0 fully saturated rings. The number of para-hydroxylation sites is 1. The molecule has 1 aromatic carbocycles. The van der Waals surface area contributed by atoms with Crippen molar-refractivity contribution < 1.29 is 4.79 Å². The maximum atomic E-state index is 11.4. The van der Waals surface area contributed by atoms with Crippen LogP contribution in [0.4, 0.5) is 5.69 Å². The fourth-order valence-corrected chi connectivity index (χ4v) is 1.27. The molecular formula is C9H10N4O. The van der Waals surface area contributed by atoms with Gasteiger partial charge in [0.1, 0.15) is 0 Å². The molecule has 5 heteroatoms. The SMILES string of the molecule is NNC1N=Cc2ccccc2NC1=O. The van der Waals surface area contributed by atoms with Gasteiger partial charge >= 0.3 is 0 Å². The number of hydrazine groups is 1. The molecule has 0 aromatic heterocycles. The first-order valence-electron chi connectivity index (χ1n) is 4.20. The Morgan fingerprint density at radius 1 is 1.43 bits per heavy atom. The zero-order valence-electron chi connectivity index (χ0n) is 7.40. The highest BCUT2D eigenvalue weighted by molar-refractivity contribution is 6.03. The third-order valence-corrected chi connectivity index (χ3v) is 1.99. The molecule has 4 N–H and O–H groups in total. The maximum absolute atomic E-state index is 11.4. The zero-order chi connectivity index (χ0) is 9.97. The van der Waals surface area contributed by atoms with Gasteiger partial charge in [0.25, 0.3) is 5.91 Å². The molecule has 1 aliphatic heterocycles. The lowest BCUT2D eigenvalue weighted by atomic mass is 10.2. The van der Waals surface area contributed by atoms with E-state index in [-0.39, 0.29) is 5.91 Å². The first-order valence-corrected chi connectivity index (χ1v) is 4.20. The fourth-order valence-electron chi connectivity index (χ4n) is 1.27. The third-order valence-electron chi connectivity index (χ3n) is 1.99. The quantitative estimate of drug-likeness (QED) is 0.425. The average Bonchev–Trinajstić information content (AvgIpc) is 2.36. The molecule has 0 bridgehead atoms. The second-order valence-electron chi connectivity index (χ2n) is 2.92. The maximum Gasteiger partial charge on any atom is 0.265 e. The summed E-state index contributed by atoms with van der Waals surface area (Å²) in [6.07, 6.45) is 0.903. The molecule has 5 nitrogen and oxygen atoms in total. The number of nitrogens with one attached hydrogen (secondary N) is 2. The van der Waals surface area contributed by atoms with Gasteiger partial charge in [-0.05, 0) is 6.07 Å². The molecule has 0 spiro atoms. The first kappa shape index (κ1) is 8.86. The van der Waals surface area contributed by atoms with E-state index in [9.17, 15) is 4.79 Å². The molecule has 1 aromatic rings. The van der Waals surface area contributed by atoms with Crippen molar-refractivity contribution in [3.63, 3.8) is 0 Å². The second kappa shape index (κ2) is 3.57. The van der Waals surface area contributed by atoms with E-state index in [4.69, 9.17) is 5.84 Å². The number of hydrogen-bond donors (Lipinski definition) is 3. The Labute approximate surface area is 81.0 Å². The van der Waals surface area contributed by atoms with Crippen LogP contribution < -0.4 is 16.6 Å². The number of hydrogen-bond acceptors (Lipinski definition) is 4. The van der Waals surface area contributed by atoms with Gasteiger partial charge in [-0.25, -0.2) is 5.43 Å². The highest BCUT2D eigenvalue weighted by atomic mass is 16.2. The van der Waals surface area contributed by atoms with Crippen LogP contribution in [0, 0.1) is 0 Å². The monoisotopic (exact) mass is 190 g/mol. The minimum atomic E-state index is -0.720. The van der Waals surface area contributed by atoms with E-state index in [0.29, 0.717) is 0 Å². The molecule has 0 aliphatic carbocycles. The summed E-state index contributed by atoms with van der Waals surface area (Å²) in [7, 11) is 0. The van der Waals surface area contributed by atoms with Crippen molar-refractivity contribution in [2.45, 2.75) is 6.17 Å². The van der Waals surface area contributed by atoms with Crippen molar-refractivity contribution in [2.75, 3.05) is 5.32 Å². The molecule has 72 valence electrons. The molecule has 0 radical (unpaired) electrons. The van der Waals surface area contributed by atoms with Crippen LogP contribution in [0.5, 0.6) is 0 Å². The Balaban J connectivity index is 2.39. The third kappa shape index (κ3) is 1.50. The first-order chi connectivity index (χ1) is 6.81. The molecule has 0 saturated carbocycles. The van der Waals surface area contributed by atoms with E-state index >= 15 is 0 Å². The van der Waals surface area contributed by atoms with E-state index in [1.807, 2.05) is 24.3 Å². The molecule has 1 amide bonds. The van der Waals surface area contributed by atoms with Gasteiger partial charge in [0, 0.05) is 17.5 Å². The normalized spacial score (nSPS) is 19.8. The average molecular weight is 190 g/mol. The summed E-state index contributed by atoms with van der Waals surface area (Å²) in [4.78, 5) is 15.4. The molecular weight excluding hydrogens is 180 g/mol. The summed E-state index contributed by atoms with van der Waals surface area (Å²) in [6.45, 7) is 0. The Kier molecular flexibility index (Phi) is 2.26. The molecule has 1 unspecified atom stereocenters. The van der Waals surface area contributed by atoms with Crippen LogP contribution in [-0.4, -0.2) is 18.3 Å². The number of carbonyl (C=O) groups is 1. The van der Waals surface area contributed by atoms with Crippen LogP contribution in [0.2, 0.25) is 0 Å². The number of nitrogens with zero attached hydrogens (tertiary/aromatic N) is 1. The summed E-state index contributed by atoms with van der Waals surface area (Å²) in [5.41, 5.74) is 3.94. The highest BCUT2D eigenvalue weighted by Crippen LogP contribution is 2.15. The van der Waals surface area contributed by atoms with Crippen LogP contribution in [0.15, 0.2) is 29.3 Å². The fraction of sp³-hybridized carbons (Fsp3) is 0.111. The van der Waals surface area contributed by atoms with Gasteiger partial charge in [-0.3, -0.25) is 15.6 Å². The number of rotatable bonds is 1. The molecule has 2 rings (SSSR count). The topological polar surface area (TPSA) is 79.5 Å². The van der Waals surface area contributed by atoms with Crippen LogP contribution in [-0.2, 0) is 4.79 Å². The van der Waals surface area contributed by atoms with Gasteiger partial charge in [-0.15, -0.1) is 0 Å². The van der Waals surface area contributed by atoms with Crippen molar-refractivity contribution in [2.24, 2.45) is 10.8 Å². The second-order valence-corrected chi connectivity index (χ2v) is 2.92. The summed E-state index contributed by atoms with van der Waals surface area (Å²) < 4.78 is 0. The Morgan fingerprint density at radius 2 is 2.21 bits per heavy atom. The lowest BCUT2D eigenvalue weighted by molar-refractivity contribution is -0.117. The summed E-state index contributed by atoms with van der Waals surface area (Å²) in [5.74, 6) is 4.92. The van der Waals surface area contributed by atoms with Crippen molar-refractivity contribution in [3.05, 3.63) is 29.8 Å². The number of anilines is 1. The lowest BCUT2D eigenvalue weighted by Gasteiger charge is -2.08. The smallest absolute Gasteiger partial charge is 0.265 e. The number of benzene rings is 1. The number of amides is 1. The van der Waals surface area contributed by atoms with Gasteiger partial charge < -0.3 is 5.32 Å². The highest BCUT2D eigenvalue weighted by Gasteiger charge is 2.18. The van der Waals surface area contributed by atoms with Crippen LogP contribution in [0.1, 0.15) is 5.56 Å². The zero-order valence-corrected chi connectivity index (χ0v) is 7.40. The number of carbonyl (C=O) groups excluding carboxylic acids is 1. The van der Waals surface area contributed by atoms with E-state index in [2.05, 4.69) is 15.7 Å². The van der Waals surface area contributed by atoms with Gasteiger partial charge in [-0.1, -0.05) is 18.2 Å². The number of benzodiazepines with no additional fused rings is 1. The lowest BCUT2D eigenvalue weighted by Crippen LogP contribution is -2.42. The van der Waals surface area contributed by atoms with E-state index < -0.39 is 6.17 Å². The summed E-state index contributed by atoms with van der Waals surface area (Å²) >= 11 is 0. The van der Waals surface area contributed by atoms with Crippen molar-refractivity contribution in [1.82, 2.24) is 5.43 Å². The standard InChI is InChI=1S/C9H10N4O/c10-13-8-9(14)12-7-4-2-1-3-6(7)5-11-8/h1-5,8,13H,10H2,(H,12,14). The van der Waals surface area contributed by atoms with Crippen LogP contribution in [0.25, 0.3) is 0 Å². The minimum absolute atomic E-state index is 0.256. The van der Waals surface area contributed by atoms with E-state index in [1.54, 1.807) is 6.21 Å². The minimum Gasteiger partial charge on any atom is -0.322 e.